The van der Waals surface area contributed by atoms with Crippen LogP contribution in [0.1, 0.15) is 18.9 Å². The van der Waals surface area contributed by atoms with Crippen LogP contribution in [-0.4, -0.2) is 32.3 Å². The molecule has 17 heavy (non-hydrogen) atoms. The summed E-state index contributed by atoms with van der Waals surface area (Å²) in [6, 6.07) is 8.65. The van der Waals surface area contributed by atoms with Gasteiger partial charge in [-0.3, -0.25) is 0 Å². The fourth-order valence-corrected chi connectivity index (χ4v) is 2.48. The normalized spacial score (nSPS) is 16.7. The van der Waals surface area contributed by atoms with Crippen molar-refractivity contribution in [1.82, 2.24) is 0 Å². The van der Waals surface area contributed by atoms with Gasteiger partial charge in [0, 0.05) is 31.9 Å². The quantitative estimate of drug-likeness (QED) is 0.844. The van der Waals surface area contributed by atoms with Crippen molar-refractivity contribution in [2.24, 2.45) is 5.73 Å². The summed E-state index contributed by atoms with van der Waals surface area (Å²) >= 11 is 0. The van der Waals surface area contributed by atoms with Crippen molar-refractivity contribution in [1.29, 1.82) is 0 Å². The molecule has 1 aliphatic heterocycles. The largest absolute Gasteiger partial charge is 0.375 e. The lowest BCUT2D eigenvalue weighted by atomic mass is 10.0. The highest BCUT2D eigenvalue weighted by atomic mass is 16.5. The third-order valence-electron chi connectivity index (χ3n) is 3.30. The minimum atomic E-state index is 0.145. The van der Waals surface area contributed by atoms with Gasteiger partial charge in [0.2, 0.25) is 0 Å². The molecule has 1 heterocycles. The van der Waals surface area contributed by atoms with Gasteiger partial charge in [0.1, 0.15) is 0 Å². The van der Waals surface area contributed by atoms with E-state index >= 15 is 0 Å². The van der Waals surface area contributed by atoms with Crippen LogP contribution in [0.3, 0.4) is 0 Å². The molecule has 2 N–H and O–H groups in total. The van der Waals surface area contributed by atoms with Gasteiger partial charge in [-0.2, -0.15) is 0 Å². The molecule has 1 unspecified atom stereocenters. The van der Waals surface area contributed by atoms with E-state index in [4.69, 9.17) is 10.5 Å². The summed E-state index contributed by atoms with van der Waals surface area (Å²) in [5.74, 6) is 0. The van der Waals surface area contributed by atoms with Crippen molar-refractivity contribution >= 4 is 5.69 Å². The van der Waals surface area contributed by atoms with Gasteiger partial charge in [0.05, 0.1) is 6.10 Å². The Hall–Kier alpha value is -1.06. The van der Waals surface area contributed by atoms with E-state index in [1.807, 2.05) is 6.92 Å². The van der Waals surface area contributed by atoms with E-state index in [0.717, 1.165) is 19.7 Å². The van der Waals surface area contributed by atoms with Gasteiger partial charge in [-0.05, 0) is 31.4 Å². The van der Waals surface area contributed by atoms with Gasteiger partial charge in [-0.1, -0.05) is 18.2 Å². The van der Waals surface area contributed by atoms with E-state index in [1.54, 1.807) is 0 Å². The minimum absolute atomic E-state index is 0.145. The Morgan fingerprint density at radius 3 is 3.00 bits per heavy atom. The molecule has 0 aromatic heterocycles. The van der Waals surface area contributed by atoms with E-state index < -0.39 is 0 Å². The molecule has 0 saturated heterocycles. The second kappa shape index (κ2) is 6.03. The number of ether oxygens (including phenoxy) is 1. The fraction of sp³-hybridized carbons (Fsp3) is 0.571. The van der Waals surface area contributed by atoms with Crippen LogP contribution in [0.2, 0.25) is 0 Å². The molecule has 0 aliphatic carbocycles. The van der Waals surface area contributed by atoms with Gasteiger partial charge in [0.15, 0.2) is 0 Å². The van der Waals surface area contributed by atoms with Gasteiger partial charge >= 0.3 is 0 Å². The molecule has 1 atom stereocenters. The van der Waals surface area contributed by atoms with Crippen LogP contribution in [0.25, 0.3) is 0 Å². The summed E-state index contributed by atoms with van der Waals surface area (Å²) in [7, 11) is 0. The highest BCUT2D eigenvalue weighted by Crippen LogP contribution is 2.26. The minimum Gasteiger partial charge on any atom is -0.375 e. The molecule has 1 aliphatic rings. The Balaban J connectivity index is 2.07. The first-order chi connectivity index (χ1) is 8.35. The summed E-state index contributed by atoms with van der Waals surface area (Å²) in [4.78, 5) is 2.41. The SMILES string of the molecule is CCOC(CN)CN1CCCc2ccccc21. The summed E-state index contributed by atoms with van der Waals surface area (Å²) in [6.45, 7) is 5.36. The fourth-order valence-electron chi connectivity index (χ4n) is 2.48. The van der Waals surface area contributed by atoms with Crippen LogP contribution in [0.4, 0.5) is 5.69 Å². The zero-order chi connectivity index (χ0) is 12.1. The lowest BCUT2D eigenvalue weighted by molar-refractivity contribution is 0.0735. The average Bonchev–Trinajstić information content (AvgIpc) is 2.38. The van der Waals surface area contributed by atoms with Gasteiger partial charge in [0.25, 0.3) is 0 Å². The van der Waals surface area contributed by atoms with Crippen LogP contribution in [0, 0.1) is 0 Å². The molecule has 2 rings (SSSR count). The number of nitrogens with zero attached hydrogens (tertiary/aromatic N) is 1. The number of nitrogens with two attached hydrogens (primary N) is 1. The number of hydrogen-bond donors (Lipinski definition) is 1. The molecule has 3 nitrogen and oxygen atoms in total. The average molecular weight is 234 g/mol. The maximum Gasteiger partial charge on any atom is 0.0871 e. The van der Waals surface area contributed by atoms with Gasteiger partial charge in [-0.15, -0.1) is 0 Å². The number of rotatable bonds is 5. The third-order valence-corrected chi connectivity index (χ3v) is 3.30. The second-order valence-electron chi connectivity index (χ2n) is 4.49. The summed E-state index contributed by atoms with van der Waals surface area (Å²) in [6.07, 6.45) is 2.56. The van der Waals surface area contributed by atoms with Crippen molar-refractivity contribution < 1.29 is 4.74 Å². The molecular formula is C14H22N2O. The molecule has 0 spiro atoms. The van der Waals surface area contributed by atoms with E-state index in [-0.39, 0.29) is 6.10 Å². The third kappa shape index (κ3) is 2.99. The molecular weight excluding hydrogens is 212 g/mol. The van der Waals surface area contributed by atoms with E-state index in [0.29, 0.717) is 6.54 Å². The summed E-state index contributed by atoms with van der Waals surface area (Å²) in [5, 5.41) is 0. The lowest BCUT2D eigenvalue weighted by Crippen LogP contribution is -2.40. The first-order valence-corrected chi connectivity index (χ1v) is 6.49. The predicted octanol–water partition coefficient (Wildman–Crippen LogP) is 1.80. The molecule has 0 saturated carbocycles. The van der Waals surface area contributed by atoms with E-state index in [2.05, 4.69) is 29.2 Å². The standard InChI is InChI=1S/C14H22N2O/c1-2-17-13(10-15)11-16-9-5-7-12-6-3-4-8-14(12)16/h3-4,6,8,13H,2,5,7,9-11,15H2,1H3. The Bertz CT molecular complexity index is 354. The number of anilines is 1. The molecule has 3 heteroatoms. The van der Waals surface area contributed by atoms with Crippen LogP contribution in [0.15, 0.2) is 24.3 Å². The highest BCUT2D eigenvalue weighted by molar-refractivity contribution is 5.55. The maximum atomic E-state index is 5.74. The number of aryl methyl sites for hydroxylation is 1. The first kappa shape index (κ1) is 12.4. The Kier molecular flexibility index (Phi) is 4.40. The van der Waals surface area contributed by atoms with Crippen molar-refractivity contribution in [3.05, 3.63) is 29.8 Å². The Morgan fingerprint density at radius 2 is 2.24 bits per heavy atom. The summed E-state index contributed by atoms with van der Waals surface area (Å²) < 4.78 is 5.64. The Labute approximate surface area is 104 Å². The number of hydrogen-bond acceptors (Lipinski definition) is 3. The van der Waals surface area contributed by atoms with Gasteiger partial charge in [-0.25, -0.2) is 0 Å². The molecule has 1 aromatic carbocycles. The highest BCUT2D eigenvalue weighted by Gasteiger charge is 2.19. The van der Waals surface area contributed by atoms with Crippen LogP contribution in [-0.2, 0) is 11.2 Å². The maximum absolute atomic E-state index is 5.74. The Morgan fingerprint density at radius 1 is 1.41 bits per heavy atom. The van der Waals surface area contributed by atoms with Crippen molar-refractivity contribution in [3.8, 4) is 0 Å². The monoisotopic (exact) mass is 234 g/mol. The number of fused-ring (bicyclic) bond motifs is 1. The molecule has 94 valence electrons. The van der Waals surface area contributed by atoms with Crippen LogP contribution in [0.5, 0.6) is 0 Å². The van der Waals surface area contributed by atoms with Crippen molar-refractivity contribution in [3.63, 3.8) is 0 Å². The van der Waals surface area contributed by atoms with Crippen molar-refractivity contribution in [2.45, 2.75) is 25.9 Å². The zero-order valence-corrected chi connectivity index (χ0v) is 10.6. The molecule has 0 radical (unpaired) electrons. The van der Waals surface area contributed by atoms with Gasteiger partial charge < -0.3 is 15.4 Å². The number of para-hydroxylation sites is 1. The lowest BCUT2D eigenvalue weighted by Gasteiger charge is -2.33. The van der Waals surface area contributed by atoms with E-state index in [9.17, 15) is 0 Å². The van der Waals surface area contributed by atoms with E-state index in [1.165, 1.54) is 24.1 Å². The van der Waals surface area contributed by atoms with Crippen molar-refractivity contribution in [2.75, 3.05) is 31.1 Å². The molecule has 0 bridgehead atoms. The van der Waals surface area contributed by atoms with Crippen LogP contribution >= 0.6 is 0 Å². The zero-order valence-electron chi connectivity index (χ0n) is 10.6. The number of benzene rings is 1. The molecule has 1 aromatic rings. The topological polar surface area (TPSA) is 38.5 Å². The second-order valence-corrected chi connectivity index (χ2v) is 4.49. The smallest absolute Gasteiger partial charge is 0.0871 e. The predicted molar refractivity (Wildman–Crippen MR) is 71.4 cm³/mol. The van der Waals surface area contributed by atoms with Crippen LogP contribution < -0.4 is 10.6 Å². The molecule has 0 fully saturated rings. The molecule has 0 amide bonds. The summed E-state index contributed by atoms with van der Waals surface area (Å²) in [5.41, 5.74) is 8.55. The first-order valence-electron chi connectivity index (χ1n) is 6.49.